The Bertz CT molecular complexity index is 960. The molecule has 0 aromatic heterocycles. The summed E-state index contributed by atoms with van der Waals surface area (Å²) < 4.78 is 68.2. The number of carbonyl (C=O) groups excluding carboxylic acids is 3. The van der Waals surface area contributed by atoms with E-state index in [2.05, 4.69) is 33.1 Å². The van der Waals surface area contributed by atoms with Gasteiger partial charge in [0.05, 0.1) is 92.4 Å². The molecule has 52 heavy (non-hydrogen) atoms. The zero-order chi connectivity index (χ0) is 38.4. The lowest BCUT2D eigenvalue weighted by Gasteiger charge is -2.12. The molecule has 3 amide bonds. The van der Waals surface area contributed by atoms with Crippen LogP contribution in [0.25, 0.3) is 0 Å². The first kappa shape index (κ1) is 50.6. The highest BCUT2D eigenvalue weighted by molar-refractivity contribution is 7.80. The number of amides is 3. The van der Waals surface area contributed by atoms with Gasteiger partial charge in [0.15, 0.2) is 0 Å². The van der Waals surface area contributed by atoms with Crippen LogP contribution in [0.5, 0.6) is 0 Å². The van der Waals surface area contributed by atoms with Crippen molar-refractivity contribution in [2.75, 3.05) is 118 Å². The van der Waals surface area contributed by atoms with Gasteiger partial charge in [-0.25, -0.2) is 9.36 Å². The van der Waals surface area contributed by atoms with Gasteiger partial charge in [0, 0.05) is 25.9 Å². The van der Waals surface area contributed by atoms with E-state index in [1.807, 2.05) is 0 Å². The van der Waals surface area contributed by atoms with Crippen molar-refractivity contribution in [3.63, 3.8) is 0 Å². The summed E-state index contributed by atoms with van der Waals surface area (Å²) in [5, 5.41) is 8.13. The number of alkyl carbamates (subject to hydrolysis) is 1. The number of ether oxygens (including phenoxy) is 6. The smallest absolute Gasteiger partial charge is 0.448 e. The molecule has 0 saturated heterocycles. The lowest BCUT2D eigenvalue weighted by Crippen LogP contribution is -2.31. The molecule has 0 aliphatic rings. The number of phosphoric acid groups is 1. The Morgan fingerprint density at radius 3 is 1.60 bits per heavy atom. The van der Waals surface area contributed by atoms with Crippen molar-refractivity contribution in [1.82, 2.24) is 16.0 Å². The molecule has 0 fully saturated rings. The quantitative estimate of drug-likeness (QED) is 0.0295. The Labute approximate surface area is 313 Å². The minimum Gasteiger partial charge on any atom is -0.448 e. The molecule has 2 unspecified atom stereocenters. The Morgan fingerprint density at radius 2 is 1.02 bits per heavy atom. The van der Waals surface area contributed by atoms with Crippen molar-refractivity contribution >= 4 is 46.6 Å². The minimum atomic E-state index is -4.18. The molecule has 22 heteroatoms. The lowest BCUT2D eigenvalue weighted by molar-refractivity contribution is -0.122. The normalized spacial score (nSPS) is 13.0. The molecule has 0 saturated carbocycles. The molecule has 308 valence electrons. The van der Waals surface area contributed by atoms with E-state index < -0.39 is 22.2 Å². The van der Waals surface area contributed by atoms with Crippen molar-refractivity contribution in [2.24, 2.45) is 0 Å². The number of nitrogens with one attached hydrogen (secondary N) is 3. The molecular weight excluding hydrogens is 752 g/mol. The SMILES string of the molecule is O=C(CCS)NCCCCCC(=O)NCCOC(=O)NCCCCCCOP(=O)(O)OCCOCCOCCOCCOCCOCCO[PH](=O)O. The number of unbranched alkanes of at least 4 members (excludes halogenated alkanes) is 5. The predicted molar refractivity (Wildman–Crippen MR) is 194 cm³/mol. The zero-order valence-electron chi connectivity index (χ0n) is 30.1. The van der Waals surface area contributed by atoms with Gasteiger partial charge in [0.1, 0.15) is 6.61 Å². The lowest BCUT2D eigenvalue weighted by atomic mass is 10.2. The Morgan fingerprint density at radius 1 is 0.558 bits per heavy atom. The molecule has 0 spiro atoms. The highest BCUT2D eigenvalue weighted by atomic mass is 32.1. The van der Waals surface area contributed by atoms with Crippen LogP contribution in [0, 0.1) is 0 Å². The topological polar surface area (TPSA) is 245 Å². The predicted octanol–water partition coefficient (Wildman–Crippen LogP) is 2.00. The summed E-state index contributed by atoms with van der Waals surface area (Å²) in [6.07, 6.45) is 5.25. The number of hydrogen-bond acceptors (Lipinski definition) is 15. The Balaban J connectivity index is 3.43. The summed E-state index contributed by atoms with van der Waals surface area (Å²) >= 11 is 4.01. The van der Waals surface area contributed by atoms with Gasteiger partial charge in [0.2, 0.25) is 11.8 Å². The maximum absolute atomic E-state index is 12.0. The average molecular weight is 814 g/mol. The molecule has 19 nitrogen and oxygen atoms in total. The van der Waals surface area contributed by atoms with E-state index >= 15 is 0 Å². The molecule has 0 rings (SSSR count). The average Bonchev–Trinajstić information content (AvgIpc) is 3.10. The Kier molecular flexibility index (Phi) is 36.9. The van der Waals surface area contributed by atoms with Gasteiger partial charge >= 0.3 is 22.2 Å². The van der Waals surface area contributed by atoms with Crippen LogP contribution in [0.4, 0.5) is 4.79 Å². The van der Waals surface area contributed by atoms with Crippen molar-refractivity contribution in [3.8, 4) is 0 Å². The number of hydrogen-bond donors (Lipinski definition) is 6. The van der Waals surface area contributed by atoms with Crippen molar-refractivity contribution < 1.29 is 75.3 Å². The van der Waals surface area contributed by atoms with Gasteiger partial charge in [-0.1, -0.05) is 19.3 Å². The number of carbonyl (C=O) groups is 3. The monoisotopic (exact) mass is 813 g/mol. The van der Waals surface area contributed by atoms with Crippen LogP contribution >= 0.6 is 28.7 Å². The molecule has 0 heterocycles. The fourth-order valence-corrected chi connectivity index (χ4v) is 5.05. The molecule has 0 aromatic rings. The van der Waals surface area contributed by atoms with Crippen molar-refractivity contribution in [3.05, 3.63) is 0 Å². The van der Waals surface area contributed by atoms with Crippen LogP contribution < -0.4 is 16.0 Å². The van der Waals surface area contributed by atoms with Gasteiger partial charge in [0.25, 0.3) is 0 Å². The number of thiol groups is 1. The highest BCUT2D eigenvalue weighted by Crippen LogP contribution is 2.43. The van der Waals surface area contributed by atoms with Crippen LogP contribution in [0.2, 0.25) is 0 Å². The molecular formula is C30H61N3O16P2S. The van der Waals surface area contributed by atoms with E-state index in [0.29, 0.717) is 97.2 Å². The summed E-state index contributed by atoms with van der Waals surface area (Å²) in [6, 6.07) is 0. The van der Waals surface area contributed by atoms with Gasteiger partial charge in [-0.3, -0.25) is 23.2 Å². The van der Waals surface area contributed by atoms with Crippen LogP contribution in [-0.2, 0) is 60.7 Å². The summed E-state index contributed by atoms with van der Waals surface area (Å²) in [5.74, 6) is 0.380. The fraction of sp³-hybridized carbons (Fsp3) is 0.900. The van der Waals surface area contributed by atoms with Crippen LogP contribution in [0.1, 0.15) is 57.8 Å². The van der Waals surface area contributed by atoms with E-state index in [9.17, 15) is 28.4 Å². The third-order valence-electron chi connectivity index (χ3n) is 6.42. The first-order valence-electron chi connectivity index (χ1n) is 17.6. The van der Waals surface area contributed by atoms with E-state index in [0.717, 1.165) is 25.7 Å². The largest absolute Gasteiger partial charge is 0.472 e. The number of rotatable bonds is 39. The zero-order valence-corrected chi connectivity index (χ0v) is 32.9. The van der Waals surface area contributed by atoms with Crippen LogP contribution in [0.15, 0.2) is 0 Å². The summed E-state index contributed by atoms with van der Waals surface area (Å²) in [6.45, 7) is 4.41. The fourth-order valence-electron chi connectivity index (χ4n) is 3.85. The first-order chi connectivity index (χ1) is 25.2. The van der Waals surface area contributed by atoms with Crippen molar-refractivity contribution in [2.45, 2.75) is 57.8 Å². The maximum Gasteiger partial charge on any atom is 0.472 e. The van der Waals surface area contributed by atoms with Crippen LogP contribution in [-0.4, -0.2) is 146 Å². The molecule has 0 bridgehead atoms. The maximum atomic E-state index is 12.0. The molecule has 0 aliphatic heterocycles. The molecule has 0 radical (unpaired) electrons. The molecule has 0 aliphatic carbocycles. The number of phosphoric ester groups is 1. The molecule has 2 atom stereocenters. The minimum absolute atomic E-state index is 0.0197. The summed E-state index contributed by atoms with van der Waals surface area (Å²) in [5.41, 5.74) is 0. The third kappa shape index (κ3) is 39.8. The highest BCUT2D eigenvalue weighted by Gasteiger charge is 2.20. The van der Waals surface area contributed by atoms with E-state index in [1.54, 1.807) is 0 Å². The Hall–Kier alpha value is -1.38. The molecule has 5 N–H and O–H groups in total. The third-order valence-corrected chi connectivity index (χ3v) is 8.11. The van der Waals surface area contributed by atoms with Gasteiger partial charge in [-0.2, -0.15) is 12.6 Å². The first-order valence-corrected chi connectivity index (χ1v) is 21.0. The van der Waals surface area contributed by atoms with Gasteiger partial charge in [-0.05, 0) is 31.4 Å². The van der Waals surface area contributed by atoms with E-state index in [4.69, 9.17) is 42.4 Å². The standard InChI is InChI=1S/C30H61N3O16P2S/c34-28(8-4-3-6-10-31-29(35)9-27-52)32-12-14-46-30(36)33-11-5-1-2-7-13-48-51(39,40)49-26-24-45-22-20-43-18-16-41-15-17-42-19-21-44-23-25-47-50(37)38/h50,52H,1-27H2,(H,31,35)(H,32,34)(H,33,36)(H,37,38)(H,39,40). The van der Waals surface area contributed by atoms with Crippen LogP contribution in [0.3, 0.4) is 0 Å². The van der Waals surface area contributed by atoms with Gasteiger partial charge < -0.3 is 58.7 Å². The summed E-state index contributed by atoms with van der Waals surface area (Å²) in [4.78, 5) is 53.2. The van der Waals surface area contributed by atoms with Crippen molar-refractivity contribution in [1.29, 1.82) is 0 Å². The van der Waals surface area contributed by atoms with E-state index in [1.165, 1.54) is 0 Å². The summed E-state index contributed by atoms with van der Waals surface area (Å²) in [7, 11) is -7.09. The molecule has 0 aromatic carbocycles. The second-order valence-corrected chi connectivity index (χ2v) is 13.5. The second-order valence-electron chi connectivity index (χ2n) is 10.8. The van der Waals surface area contributed by atoms with Gasteiger partial charge in [-0.15, -0.1) is 0 Å². The second kappa shape index (κ2) is 37.9. The van der Waals surface area contributed by atoms with E-state index in [-0.39, 0.29) is 64.6 Å².